The molecule has 0 spiro atoms. The highest BCUT2D eigenvalue weighted by atomic mass is 32.3. The highest BCUT2D eigenvalue weighted by Gasteiger charge is 2.39. The lowest BCUT2D eigenvalue weighted by molar-refractivity contribution is 0.130. The van der Waals surface area contributed by atoms with Gasteiger partial charge in [0.15, 0.2) is 0 Å². The van der Waals surface area contributed by atoms with Crippen molar-refractivity contribution in [3.63, 3.8) is 0 Å². The molecule has 0 saturated carbocycles. The number of nitrogens with zero attached hydrogens (tertiary/aromatic N) is 1. The molecular weight excluding hydrogens is 530 g/mol. The highest BCUT2D eigenvalue weighted by molar-refractivity contribution is 8.33. The SMILES string of the molecule is CC(C)(C)Oc1ccc(S(OS(=O)(=O)c2ccccc2)(c2ccc(OC(C)(C)C)cc2)c2ccccn2)cc1. The fourth-order valence-corrected chi connectivity index (χ4v) is 8.94. The van der Waals surface area contributed by atoms with Crippen molar-refractivity contribution in [3.8, 4) is 11.5 Å². The Morgan fingerprint density at radius 2 is 1.03 bits per heavy atom. The van der Waals surface area contributed by atoms with E-state index in [9.17, 15) is 8.42 Å². The third kappa shape index (κ3) is 7.01. The average molecular weight is 566 g/mol. The maximum absolute atomic E-state index is 13.8. The molecule has 3 aromatic carbocycles. The topological polar surface area (TPSA) is 74.7 Å². The Morgan fingerprint density at radius 1 is 0.564 bits per heavy atom. The van der Waals surface area contributed by atoms with E-state index in [0.29, 0.717) is 26.3 Å². The van der Waals surface area contributed by atoms with Crippen LogP contribution in [0.3, 0.4) is 0 Å². The van der Waals surface area contributed by atoms with Crippen LogP contribution in [0.15, 0.2) is 123 Å². The van der Waals surface area contributed by atoms with Gasteiger partial charge in [-0.15, -0.1) is 0 Å². The number of aromatic nitrogens is 1. The summed E-state index contributed by atoms with van der Waals surface area (Å²) in [4.78, 5) is 6.02. The molecule has 8 heteroatoms. The van der Waals surface area contributed by atoms with E-state index < -0.39 is 20.4 Å². The minimum absolute atomic E-state index is 0.0678. The van der Waals surface area contributed by atoms with Crippen molar-refractivity contribution in [2.45, 2.75) is 72.5 Å². The first-order valence-electron chi connectivity index (χ1n) is 12.6. The van der Waals surface area contributed by atoms with Gasteiger partial charge in [0, 0.05) is 16.0 Å². The number of hydrogen-bond donors (Lipinski definition) is 0. The van der Waals surface area contributed by atoms with Gasteiger partial charge < -0.3 is 9.47 Å². The van der Waals surface area contributed by atoms with E-state index in [1.54, 1.807) is 36.5 Å². The second-order valence-electron chi connectivity index (χ2n) is 10.9. The molecule has 0 N–H and O–H groups in total. The Hall–Kier alpha value is -3.33. The van der Waals surface area contributed by atoms with Crippen molar-refractivity contribution in [3.05, 3.63) is 103 Å². The molecule has 4 aromatic rings. The average Bonchev–Trinajstić information content (AvgIpc) is 2.88. The Balaban J connectivity index is 1.94. The van der Waals surface area contributed by atoms with Gasteiger partial charge in [-0.25, -0.2) is 8.61 Å². The zero-order chi connectivity index (χ0) is 28.3. The minimum Gasteiger partial charge on any atom is -0.488 e. The van der Waals surface area contributed by atoms with E-state index in [4.69, 9.17) is 13.1 Å². The second kappa shape index (κ2) is 11.0. The van der Waals surface area contributed by atoms with Crippen molar-refractivity contribution in [1.82, 2.24) is 4.98 Å². The first-order chi connectivity index (χ1) is 18.3. The molecule has 6 nitrogen and oxygen atoms in total. The molecule has 0 aliphatic carbocycles. The summed E-state index contributed by atoms with van der Waals surface area (Å²) in [6, 6.07) is 28.3. The summed E-state index contributed by atoms with van der Waals surface area (Å²) < 4.78 is 46.0. The fraction of sp³-hybridized carbons (Fsp3) is 0.258. The lowest BCUT2D eigenvalue weighted by Crippen LogP contribution is -2.23. The van der Waals surface area contributed by atoms with Crippen molar-refractivity contribution in [2.24, 2.45) is 0 Å². The van der Waals surface area contributed by atoms with Crippen molar-refractivity contribution in [2.75, 3.05) is 0 Å². The fourth-order valence-electron chi connectivity index (χ4n) is 3.87. The van der Waals surface area contributed by atoms with Crippen LogP contribution in [0.1, 0.15) is 41.5 Å². The molecular formula is C31H35NO5S2. The van der Waals surface area contributed by atoms with Crippen LogP contribution in [-0.4, -0.2) is 24.6 Å². The number of hydrogen-bond acceptors (Lipinski definition) is 6. The van der Waals surface area contributed by atoms with Gasteiger partial charge in [0.05, 0.1) is 4.90 Å². The van der Waals surface area contributed by atoms with Gasteiger partial charge in [0.25, 0.3) is 0 Å². The standard InChI is InChI=1S/C31H35NO5S2/c1-30(2,3)35-24-15-19-26(20-16-24)38(29-14-10-11-23-32-29,37-39(33,34)28-12-8-7-9-13-28)27-21-17-25(18-22-27)36-31(4,5)6/h7-23H,1-6H3. The van der Waals surface area contributed by atoms with Crippen LogP contribution in [0.5, 0.6) is 11.5 Å². The quantitative estimate of drug-likeness (QED) is 0.215. The van der Waals surface area contributed by atoms with Crippen molar-refractivity contribution < 1.29 is 21.5 Å². The van der Waals surface area contributed by atoms with E-state index in [1.807, 2.05) is 96.1 Å². The van der Waals surface area contributed by atoms with E-state index >= 15 is 0 Å². The number of benzene rings is 3. The molecule has 0 unspecified atom stereocenters. The molecule has 1 aromatic heterocycles. The number of pyridine rings is 1. The second-order valence-corrected chi connectivity index (χ2v) is 15.3. The zero-order valence-corrected chi connectivity index (χ0v) is 24.8. The first kappa shape index (κ1) is 28.7. The number of ether oxygens (including phenoxy) is 2. The van der Waals surface area contributed by atoms with E-state index in [-0.39, 0.29) is 16.1 Å². The molecule has 0 aliphatic heterocycles. The van der Waals surface area contributed by atoms with E-state index in [2.05, 4.69) is 4.98 Å². The predicted octanol–water partition coefficient (Wildman–Crippen LogP) is 8.04. The van der Waals surface area contributed by atoms with E-state index in [0.717, 1.165) is 0 Å². The van der Waals surface area contributed by atoms with Crippen LogP contribution < -0.4 is 9.47 Å². The first-order valence-corrected chi connectivity index (χ1v) is 15.6. The van der Waals surface area contributed by atoms with E-state index in [1.165, 1.54) is 12.1 Å². The molecule has 0 saturated heterocycles. The van der Waals surface area contributed by atoms with Crippen LogP contribution in [0, 0.1) is 0 Å². The molecule has 4 rings (SSSR count). The van der Waals surface area contributed by atoms with Crippen LogP contribution in [-0.2, 0) is 13.7 Å². The Morgan fingerprint density at radius 3 is 1.44 bits per heavy atom. The largest absolute Gasteiger partial charge is 0.488 e. The minimum atomic E-state index is -4.21. The van der Waals surface area contributed by atoms with Gasteiger partial charge in [0.2, 0.25) is 0 Å². The third-order valence-electron chi connectivity index (χ3n) is 5.32. The highest BCUT2D eigenvalue weighted by Crippen LogP contribution is 2.69. The summed E-state index contributed by atoms with van der Waals surface area (Å²) >= 11 is 0. The summed E-state index contributed by atoms with van der Waals surface area (Å²) in [6.07, 6.45) is 1.64. The smallest absolute Gasteiger partial charge is 0.307 e. The molecule has 0 bridgehead atoms. The molecule has 0 amide bonds. The van der Waals surface area contributed by atoms with Crippen molar-refractivity contribution >= 4 is 20.4 Å². The summed E-state index contributed by atoms with van der Waals surface area (Å²) in [7, 11) is -7.08. The van der Waals surface area contributed by atoms with Gasteiger partial charge >= 0.3 is 10.1 Å². The van der Waals surface area contributed by atoms with Gasteiger partial charge in [-0.05, 0) is 125 Å². The number of rotatable bonds is 8. The van der Waals surface area contributed by atoms with Crippen LogP contribution in [0.25, 0.3) is 0 Å². The Labute approximate surface area is 233 Å². The molecule has 0 radical (unpaired) electrons. The monoisotopic (exact) mass is 565 g/mol. The van der Waals surface area contributed by atoms with Crippen LogP contribution in [0.4, 0.5) is 0 Å². The zero-order valence-electron chi connectivity index (χ0n) is 23.1. The molecule has 0 atom stereocenters. The summed E-state index contributed by atoms with van der Waals surface area (Å²) in [5.74, 6) is 1.33. The lowest BCUT2D eigenvalue weighted by Gasteiger charge is -2.38. The Bertz CT molecular complexity index is 1420. The predicted molar refractivity (Wildman–Crippen MR) is 155 cm³/mol. The molecule has 39 heavy (non-hydrogen) atoms. The molecule has 1 heterocycles. The summed E-state index contributed by atoms with van der Waals surface area (Å²) in [6.45, 7) is 11.8. The van der Waals surface area contributed by atoms with Crippen molar-refractivity contribution in [1.29, 1.82) is 0 Å². The summed E-state index contributed by atoms with van der Waals surface area (Å²) in [5.41, 5.74) is -0.773. The van der Waals surface area contributed by atoms with Gasteiger partial charge in [-0.2, -0.15) is 8.42 Å². The van der Waals surface area contributed by atoms with Gasteiger partial charge in [0.1, 0.15) is 27.7 Å². The maximum atomic E-state index is 13.8. The van der Waals surface area contributed by atoms with Crippen LogP contribution in [0.2, 0.25) is 0 Å². The molecule has 0 fully saturated rings. The summed E-state index contributed by atoms with van der Waals surface area (Å²) in [5, 5.41) is 0.499. The molecule has 0 aliphatic rings. The normalized spacial score (nSPS) is 13.1. The van der Waals surface area contributed by atoms with Crippen LogP contribution >= 0.6 is 10.3 Å². The third-order valence-corrected chi connectivity index (χ3v) is 10.4. The van der Waals surface area contributed by atoms with Gasteiger partial charge in [-0.3, -0.25) is 0 Å². The lowest BCUT2D eigenvalue weighted by atomic mass is 10.2. The maximum Gasteiger partial charge on any atom is 0.307 e. The molecule has 206 valence electrons. The Kier molecular flexibility index (Phi) is 8.12. The van der Waals surface area contributed by atoms with Gasteiger partial charge in [-0.1, -0.05) is 24.3 Å².